The molecule has 0 saturated heterocycles. The van der Waals surface area contributed by atoms with Crippen LogP contribution in [0.1, 0.15) is 21.5 Å². The first-order chi connectivity index (χ1) is 14.1. The summed E-state index contributed by atoms with van der Waals surface area (Å²) >= 11 is 6.09. The number of carbonyl (C=O) groups excluding carboxylic acids is 1. The fourth-order valence-electron chi connectivity index (χ4n) is 3.21. The smallest absolute Gasteiger partial charge is 0.337 e. The van der Waals surface area contributed by atoms with Gasteiger partial charge in [-0.15, -0.1) is 0 Å². The Labute approximate surface area is 172 Å². The molecule has 0 fully saturated rings. The molecule has 2 N–H and O–H groups in total. The van der Waals surface area contributed by atoms with Gasteiger partial charge in [-0.2, -0.15) is 0 Å². The summed E-state index contributed by atoms with van der Waals surface area (Å²) in [4.78, 5) is 19.6. The number of nitrogens with one attached hydrogen (secondary N) is 1. The third-order valence-electron chi connectivity index (χ3n) is 4.53. The summed E-state index contributed by atoms with van der Waals surface area (Å²) in [5, 5.41) is 12.0. The minimum atomic E-state index is -0.437. The van der Waals surface area contributed by atoms with E-state index in [1.54, 1.807) is 36.4 Å². The number of aromatic amines is 1. The summed E-state index contributed by atoms with van der Waals surface area (Å²) in [6, 6.07) is 21.7. The highest BCUT2D eigenvalue weighted by Gasteiger charge is 2.19. The van der Waals surface area contributed by atoms with Crippen LogP contribution in [-0.4, -0.2) is 28.9 Å². The number of aliphatic imine (C=N–C) groups is 1. The van der Waals surface area contributed by atoms with E-state index in [-0.39, 0.29) is 5.88 Å². The van der Waals surface area contributed by atoms with Crippen molar-refractivity contribution >= 4 is 39.9 Å². The van der Waals surface area contributed by atoms with Crippen molar-refractivity contribution in [2.24, 2.45) is 4.99 Å². The Morgan fingerprint density at radius 2 is 1.76 bits per heavy atom. The fraction of sp³-hybridized carbons (Fsp3) is 0.0435. The molecule has 3 aromatic carbocycles. The van der Waals surface area contributed by atoms with Gasteiger partial charge in [-0.3, -0.25) is 0 Å². The van der Waals surface area contributed by atoms with Crippen molar-refractivity contribution in [2.75, 3.05) is 7.11 Å². The van der Waals surface area contributed by atoms with Crippen LogP contribution in [-0.2, 0) is 4.74 Å². The number of H-pyrrole nitrogens is 1. The first-order valence-corrected chi connectivity index (χ1v) is 9.27. The van der Waals surface area contributed by atoms with Gasteiger partial charge in [0.15, 0.2) is 5.88 Å². The number of carbonyl (C=O) groups is 1. The van der Waals surface area contributed by atoms with E-state index < -0.39 is 5.97 Å². The largest absolute Gasteiger partial charge is 0.494 e. The number of aromatic nitrogens is 1. The van der Waals surface area contributed by atoms with Gasteiger partial charge in [-0.05, 0) is 30.3 Å². The molecule has 0 aliphatic carbocycles. The maximum atomic E-state index is 11.9. The van der Waals surface area contributed by atoms with E-state index in [2.05, 4.69) is 4.98 Å². The van der Waals surface area contributed by atoms with E-state index in [4.69, 9.17) is 21.3 Å². The van der Waals surface area contributed by atoms with Crippen LogP contribution >= 0.6 is 11.6 Å². The van der Waals surface area contributed by atoms with Crippen LogP contribution in [0.15, 0.2) is 77.8 Å². The Morgan fingerprint density at radius 1 is 1.00 bits per heavy atom. The summed E-state index contributed by atoms with van der Waals surface area (Å²) in [7, 11) is 1.34. The first kappa shape index (κ1) is 18.8. The van der Waals surface area contributed by atoms with Crippen LogP contribution in [0.5, 0.6) is 5.88 Å². The Kier molecular flexibility index (Phi) is 5.06. The van der Waals surface area contributed by atoms with Gasteiger partial charge in [0.05, 0.1) is 35.2 Å². The predicted octanol–water partition coefficient (Wildman–Crippen LogP) is 5.48. The van der Waals surface area contributed by atoms with Gasteiger partial charge in [0.2, 0.25) is 0 Å². The minimum absolute atomic E-state index is 0.00556. The number of fused-ring (bicyclic) bond motifs is 1. The van der Waals surface area contributed by atoms with Crippen LogP contribution in [0.4, 0.5) is 5.69 Å². The van der Waals surface area contributed by atoms with E-state index in [1.165, 1.54) is 7.11 Å². The number of rotatable bonds is 4. The summed E-state index contributed by atoms with van der Waals surface area (Å²) in [5.41, 5.74) is 3.62. The normalized spacial score (nSPS) is 11.6. The third kappa shape index (κ3) is 3.73. The third-order valence-corrected chi connectivity index (χ3v) is 4.77. The van der Waals surface area contributed by atoms with Crippen LogP contribution in [0.3, 0.4) is 0 Å². The lowest BCUT2D eigenvalue weighted by molar-refractivity contribution is 0.0600. The number of ether oxygens (including phenoxy) is 1. The predicted molar refractivity (Wildman–Crippen MR) is 114 cm³/mol. The second-order valence-corrected chi connectivity index (χ2v) is 6.84. The Balaban J connectivity index is 1.95. The Bertz CT molecular complexity index is 1230. The molecule has 0 amide bonds. The van der Waals surface area contributed by atoms with Crippen molar-refractivity contribution < 1.29 is 14.6 Å². The van der Waals surface area contributed by atoms with E-state index in [1.807, 2.05) is 36.4 Å². The summed E-state index contributed by atoms with van der Waals surface area (Å²) in [6.45, 7) is 0. The highest BCUT2D eigenvalue weighted by Crippen LogP contribution is 2.33. The van der Waals surface area contributed by atoms with Crippen molar-refractivity contribution in [3.63, 3.8) is 0 Å². The molecule has 0 saturated carbocycles. The molecule has 0 aliphatic rings. The summed E-state index contributed by atoms with van der Waals surface area (Å²) < 4.78 is 4.80. The molecule has 1 aromatic heterocycles. The van der Waals surface area contributed by atoms with Crippen LogP contribution in [0, 0.1) is 0 Å². The minimum Gasteiger partial charge on any atom is -0.494 e. The van der Waals surface area contributed by atoms with E-state index >= 15 is 0 Å². The molecule has 6 heteroatoms. The molecule has 4 rings (SSSR count). The lowest BCUT2D eigenvalue weighted by Gasteiger charge is -2.08. The number of methoxy groups -OCH3 is 1. The van der Waals surface area contributed by atoms with E-state index in [0.717, 1.165) is 10.9 Å². The number of benzene rings is 3. The maximum Gasteiger partial charge on any atom is 0.337 e. The maximum absolute atomic E-state index is 11.9. The molecule has 0 aliphatic heterocycles. The SMILES string of the molecule is COC(=O)c1cccc(N=C(c2ccccc2)c2c(O)[nH]c3cc(Cl)ccc23)c1. The number of hydrogen-bond acceptors (Lipinski definition) is 4. The van der Waals surface area contributed by atoms with Crippen molar-refractivity contribution in [3.05, 3.63) is 94.5 Å². The molecule has 0 spiro atoms. The zero-order valence-corrected chi connectivity index (χ0v) is 16.3. The monoisotopic (exact) mass is 404 g/mol. The van der Waals surface area contributed by atoms with Gasteiger partial charge >= 0.3 is 5.97 Å². The highest BCUT2D eigenvalue weighted by molar-refractivity contribution is 6.31. The van der Waals surface area contributed by atoms with Gasteiger partial charge in [-0.25, -0.2) is 9.79 Å². The quantitative estimate of drug-likeness (QED) is 0.349. The highest BCUT2D eigenvalue weighted by atomic mass is 35.5. The number of aromatic hydroxyl groups is 1. The van der Waals surface area contributed by atoms with Crippen molar-refractivity contribution in [2.45, 2.75) is 0 Å². The van der Waals surface area contributed by atoms with Crippen LogP contribution < -0.4 is 0 Å². The molecular formula is C23H17ClN2O3. The standard InChI is InChI=1S/C23H17ClN2O3/c1-29-23(28)15-8-5-9-17(12-15)25-21(14-6-3-2-4-7-14)20-18-11-10-16(24)13-19(18)26-22(20)27/h2-13,26-27H,1H3. The van der Waals surface area contributed by atoms with Gasteiger partial charge in [0.25, 0.3) is 0 Å². The number of esters is 1. The Morgan fingerprint density at radius 3 is 2.52 bits per heavy atom. The number of halogens is 1. The van der Waals surface area contributed by atoms with Crippen molar-refractivity contribution in [3.8, 4) is 5.88 Å². The van der Waals surface area contributed by atoms with Gasteiger partial charge < -0.3 is 14.8 Å². The van der Waals surface area contributed by atoms with Crippen molar-refractivity contribution in [1.29, 1.82) is 0 Å². The lowest BCUT2D eigenvalue weighted by atomic mass is 10.0. The number of hydrogen-bond donors (Lipinski definition) is 2. The van der Waals surface area contributed by atoms with E-state index in [0.29, 0.717) is 33.1 Å². The molecule has 4 aromatic rings. The Hall–Kier alpha value is -3.57. The molecule has 1 heterocycles. The van der Waals surface area contributed by atoms with Crippen LogP contribution in [0.25, 0.3) is 10.9 Å². The molecule has 0 unspecified atom stereocenters. The zero-order chi connectivity index (χ0) is 20.4. The molecule has 0 radical (unpaired) electrons. The average Bonchev–Trinajstić information content (AvgIpc) is 3.06. The van der Waals surface area contributed by atoms with Crippen molar-refractivity contribution in [1.82, 2.24) is 4.98 Å². The lowest BCUT2D eigenvalue weighted by Crippen LogP contribution is -2.03. The van der Waals surface area contributed by atoms with Gasteiger partial charge in [0.1, 0.15) is 0 Å². The zero-order valence-electron chi connectivity index (χ0n) is 15.5. The average molecular weight is 405 g/mol. The topological polar surface area (TPSA) is 74.7 Å². The molecular weight excluding hydrogens is 388 g/mol. The summed E-state index contributed by atoms with van der Waals surface area (Å²) in [5.74, 6) is -0.443. The second-order valence-electron chi connectivity index (χ2n) is 6.41. The first-order valence-electron chi connectivity index (χ1n) is 8.90. The molecule has 0 bridgehead atoms. The fourth-order valence-corrected chi connectivity index (χ4v) is 3.38. The summed E-state index contributed by atoms with van der Waals surface area (Å²) in [6.07, 6.45) is 0. The second kappa shape index (κ2) is 7.81. The molecule has 0 atom stereocenters. The van der Waals surface area contributed by atoms with E-state index in [9.17, 15) is 9.90 Å². The molecule has 5 nitrogen and oxygen atoms in total. The molecule has 144 valence electrons. The van der Waals surface area contributed by atoms with Gasteiger partial charge in [-0.1, -0.05) is 54.1 Å². The van der Waals surface area contributed by atoms with Gasteiger partial charge in [0, 0.05) is 16.0 Å². The molecule has 29 heavy (non-hydrogen) atoms. The number of nitrogens with zero attached hydrogens (tertiary/aromatic N) is 1. The van der Waals surface area contributed by atoms with Crippen LogP contribution in [0.2, 0.25) is 5.02 Å².